The third-order valence-corrected chi connectivity index (χ3v) is 8.02. The predicted octanol–water partition coefficient (Wildman–Crippen LogP) is 3.01. The number of amides is 3. The van der Waals surface area contributed by atoms with Crippen molar-refractivity contribution in [2.45, 2.75) is 24.3 Å². The van der Waals surface area contributed by atoms with E-state index in [1.54, 1.807) is 21.6 Å². The SMILES string of the molecule is O=C(Nc1nc2ccccc2[nH]1)[C@H]1CCCN(C(=O)[C@@H]2CS[C@H]3c4ccccc4C(=O)N23)C1. The maximum Gasteiger partial charge on any atom is 0.256 e. The largest absolute Gasteiger partial charge is 0.340 e. The first kappa shape index (κ1) is 20.3. The number of aromatic amines is 1. The Bertz CT molecular complexity index is 1240. The predicted molar refractivity (Wildman–Crippen MR) is 126 cm³/mol. The van der Waals surface area contributed by atoms with Crippen molar-refractivity contribution >= 4 is 46.5 Å². The molecule has 2 saturated heterocycles. The van der Waals surface area contributed by atoms with Gasteiger partial charge in [0.25, 0.3) is 5.91 Å². The zero-order chi connectivity index (χ0) is 22.5. The maximum absolute atomic E-state index is 13.5. The number of imidazole rings is 1. The molecule has 168 valence electrons. The second kappa shape index (κ2) is 7.91. The first-order valence-electron chi connectivity index (χ1n) is 11.2. The molecular formula is C24H23N5O3S. The molecule has 0 bridgehead atoms. The van der Waals surface area contributed by atoms with Crippen molar-refractivity contribution in [2.75, 3.05) is 24.2 Å². The van der Waals surface area contributed by atoms with Crippen LogP contribution in [-0.4, -0.2) is 62.4 Å². The average Bonchev–Trinajstić information content (AvgIpc) is 3.53. The summed E-state index contributed by atoms with van der Waals surface area (Å²) in [4.78, 5) is 50.4. The van der Waals surface area contributed by atoms with E-state index in [-0.39, 0.29) is 29.0 Å². The van der Waals surface area contributed by atoms with Crippen LogP contribution in [0.15, 0.2) is 48.5 Å². The molecule has 2 N–H and O–H groups in total. The van der Waals surface area contributed by atoms with E-state index >= 15 is 0 Å². The minimum atomic E-state index is -0.489. The lowest BCUT2D eigenvalue weighted by molar-refractivity contribution is -0.138. The molecule has 2 aromatic carbocycles. The van der Waals surface area contributed by atoms with Gasteiger partial charge in [0.15, 0.2) is 0 Å². The first-order chi connectivity index (χ1) is 16.1. The molecule has 3 amide bonds. The Morgan fingerprint density at radius 2 is 1.94 bits per heavy atom. The van der Waals surface area contributed by atoms with E-state index in [2.05, 4.69) is 15.3 Å². The molecule has 33 heavy (non-hydrogen) atoms. The summed E-state index contributed by atoms with van der Waals surface area (Å²) >= 11 is 1.64. The number of rotatable bonds is 3. The Labute approximate surface area is 194 Å². The van der Waals surface area contributed by atoms with E-state index in [1.807, 2.05) is 48.5 Å². The van der Waals surface area contributed by atoms with Gasteiger partial charge in [0.05, 0.1) is 17.0 Å². The smallest absolute Gasteiger partial charge is 0.256 e. The lowest BCUT2D eigenvalue weighted by Gasteiger charge is -2.35. The second-order valence-corrected chi connectivity index (χ2v) is 9.83. The number of likely N-dealkylation sites (tertiary alicyclic amines) is 1. The molecule has 1 aromatic heterocycles. The van der Waals surface area contributed by atoms with E-state index in [0.29, 0.717) is 36.8 Å². The van der Waals surface area contributed by atoms with Crippen LogP contribution in [0, 0.1) is 5.92 Å². The van der Waals surface area contributed by atoms with Crippen LogP contribution in [0.4, 0.5) is 5.95 Å². The highest BCUT2D eigenvalue weighted by Gasteiger charge is 2.49. The highest BCUT2D eigenvalue weighted by Crippen LogP contribution is 2.48. The number of para-hydroxylation sites is 2. The summed E-state index contributed by atoms with van der Waals surface area (Å²) in [5.74, 6) is 0.403. The molecule has 8 nitrogen and oxygen atoms in total. The molecule has 3 aromatic rings. The number of hydrogen-bond acceptors (Lipinski definition) is 5. The number of aromatic nitrogens is 2. The molecule has 6 rings (SSSR count). The van der Waals surface area contributed by atoms with E-state index in [9.17, 15) is 14.4 Å². The quantitative estimate of drug-likeness (QED) is 0.625. The van der Waals surface area contributed by atoms with Crippen LogP contribution >= 0.6 is 11.8 Å². The number of hydrogen-bond donors (Lipinski definition) is 2. The molecular weight excluding hydrogens is 438 g/mol. The number of nitrogens with one attached hydrogen (secondary N) is 2. The van der Waals surface area contributed by atoms with Gasteiger partial charge in [-0.2, -0.15) is 0 Å². The highest BCUT2D eigenvalue weighted by molar-refractivity contribution is 7.99. The van der Waals surface area contributed by atoms with Crippen molar-refractivity contribution in [3.63, 3.8) is 0 Å². The number of carbonyl (C=O) groups excluding carboxylic acids is 3. The molecule has 0 spiro atoms. The number of benzene rings is 2. The summed E-state index contributed by atoms with van der Waals surface area (Å²) in [6.45, 7) is 0.958. The summed E-state index contributed by atoms with van der Waals surface area (Å²) in [6, 6.07) is 14.7. The van der Waals surface area contributed by atoms with Crippen LogP contribution in [0.3, 0.4) is 0 Å². The number of carbonyl (C=O) groups is 3. The molecule has 2 fully saturated rings. The van der Waals surface area contributed by atoms with Gasteiger partial charge in [0, 0.05) is 24.4 Å². The molecule has 3 aliphatic rings. The average molecular weight is 462 g/mol. The van der Waals surface area contributed by atoms with Gasteiger partial charge in [0.2, 0.25) is 17.8 Å². The Balaban J connectivity index is 1.14. The number of nitrogens with zero attached hydrogens (tertiary/aromatic N) is 3. The molecule has 9 heteroatoms. The summed E-state index contributed by atoms with van der Waals surface area (Å²) in [6.07, 6.45) is 1.47. The molecule has 4 heterocycles. The topological polar surface area (TPSA) is 98.4 Å². The van der Waals surface area contributed by atoms with Crippen LogP contribution in [0.5, 0.6) is 0 Å². The molecule has 3 atom stereocenters. The van der Waals surface area contributed by atoms with Gasteiger partial charge in [-0.25, -0.2) is 4.98 Å². The zero-order valence-corrected chi connectivity index (χ0v) is 18.7. The molecule has 3 aliphatic heterocycles. The number of anilines is 1. The van der Waals surface area contributed by atoms with Crippen molar-refractivity contribution < 1.29 is 14.4 Å². The monoisotopic (exact) mass is 461 g/mol. The van der Waals surface area contributed by atoms with Crippen LogP contribution in [0.1, 0.15) is 34.1 Å². The van der Waals surface area contributed by atoms with Crippen LogP contribution in [0.25, 0.3) is 11.0 Å². The fourth-order valence-corrected chi connectivity index (χ4v) is 6.52. The Hall–Kier alpha value is -3.33. The second-order valence-electron chi connectivity index (χ2n) is 8.72. The normalized spacial score (nSPS) is 24.1. The summed E-state index contributed by atoms with van der Waals surface area (Å²) < 4.78 is 0. The molecule has 0 radical (unpaired) electrons. The van der Waals surface area contributed by atoms with Gasteiger partial charge in [-0.1, -0.05) is 30.3 Å². The van der Waals surface area contributed by atoms with E-state index in [0.717, 1.165) is 23.0 Å². The fraction of sp³-hybridized carbons (Fsp3) is 0.333. The van der Waals surface area contributed by atoms with E-state index < -0.39 is 6.04 Å². The van der Waals surface area contributed by atoms with Crippen molar-refractivity contribution in [1.82, 2.24) is 19.8 Å². The molecule has 0 saturated carbocycles. The van der Waals surface area contributed by atoms with Gasteiger partial charge in [0.1, 0.15) is 11.4 Å². The first-order valence-corrected chi connectivity index (χ1v) is 12.2. The maximum atomic E-state index is 13.5. The van der Waals surface area contributed by atoms with Gasteiger partial charge < -0.3 is 14.8 Å². The Kier molecular flexibility index (Phi) is 4.86. The van der Waals surface area contributed by atoms with Crippen LogP contribution in [0.2, 0.25) is 0 Å². The number of H-pyrrole nitrogens is 1. The van der Waals surface area contributed by atoms with Crippen molar-refractivity contribution in [2.24, 2.45) is 5.92 Å². The minimum Gasteiger partial charge on any atom is -0.340 e. The minimum absolute atomic E-state index is 0.0626. The third-order valence-electron chi connectivity index (χ3n) is 6.71. The number of thioether (sulfide) groups is 1. The Morgan fingerprint density at radius 1 is 1.12 bits per heavy atom. The van der Waals surface area contributed by atoms with Gasteiger partial charge in [-0.05, 0) is 36.6 Å². The zero-order valence-electron chi connectivity index (χ0n) is 17.9. The van der Waals surface area contributed by atoms with Crippen molar-refractivity contribution in [3.8, 4) is 0 Å². The van der Waals surface area contributed by atoms with Crippen LogP contribution in [-0.2, 0) is 9.59 Å². The summed E-state index contributed by atoms with van der Waals surface area (Å²) in [5, 5.41) is 2.78. The van der Waals surface area contributed by atoms with Gasteiger partial charge in [-0.3, -0.25) is 19.7 Å². The van der Waals surface area contributed by atoms with Crippen molar-refractivity contribution in [3.05, 3.63) is 59.7 Å². The standard InChI is InChI=1S/C24H23N5O3S/c30-20(27-24-25-17-9-3-4-10-18(17)26-24)14-6-5-11-28(12-14)22(32)19-13-33-23-16-8-2-1-7-15(16)21(31)29(19)23/h1-4,7-10,14,19,23H,5-6,11-13H2,(H2,25,26,27,30)/t14-,19-,23-/m0/s1. The summed E-state index contributed by atoms with van der Waals surface area (Å²) in [7, 11) is 0. The van der Waals surface area contributed by atoms with Gasteiger partial charge >= 0.3 is 0 Å². The lowest BCUT2D eigenvalue weighted by atomic mass is 9.96. The summed E-state index contributed by atoms with van der Waals surface area (Å²) in [5.41, 5.74) is 3.33. The molecule has 0 aliphatic carbocycles. The Morgan fingerprint density at radius 3 is 2.82 bits per heavy atom. The fourth-order valence-electron chi connectivity index (χ4n) is 5.06. The van der Waals surface area contributed by atoms with E-state index in [1.165, 1.54) is 0 Å². The van der Waals surface area contributed by atoms with Crippen molar-refractivity contribution in [1.29, 1.82) is 0 Å². The van der Waals surface area contributed by atoms with Gasteiger partial charge in [-0.15, -0.1) is 11.8 Å². The highest BCUT2D eigenvalue weighted by atomic mass is 32.2. The third kappa shape index (κ3) is 3.38. The van der Waals surface area contributed by atoms with Crippen LogP contribution < -0.4 is 5.32 Å². The molecule has 0 unspecified atom stereocenters. The lowest BCUT2D eigenvalue weighted by Crippen LogP contribution is -2.52. The number of fused-ring (bicyclic) bond motifs is 4. The number of piperidine rings is 1. The van der Waals surface area contributed by atoms with E-state index in [4.69, 9.17) is 0 Å².